The highest BCUT2D eigenvalue weighted by molar-refractivity contribution is 8.50. The molecule has 8 nitrogen and oxygen atoms in total. The molecule has 6 rings (SSSR count). The Morgan fingerprint density at radius 3 is 1.50 bits per heavy atom. The lowest BCUT2D eigenvalue weighted by Crippen LogP contribution is -2.62. The van der Waals surface area contributed by atoms with Crippen LogP contribution in [0.25, 0.3) is 0 Å². The summed E-state index contributed by atoms with van der Waals surface area (Å²) in [5.74, 6) is 0. The average Bonchev–Trinajstić information content (AvgIpc) is 3.60. The van der Waals surface area contributed by atoms with E-state index in [0.717, 1.165) is 16.7 Å². The minimum absolute atomic E-state index is 0.197. The highest BCUT2D eigenvalue weighted by Crippen LogP contribution is 2.55. The summed E-state index contributed by atoms with van der Waals surface area (Å²) in [5.41, 5.74) is 7.59. The van der Waals surface area contributed by atoms with Crippen LogP contribution in [0.3, 0.4) is 0 Å². The molecule has 1 fully saturated rings. The largest absolute Gasteiger partial charge is 0.385 e. The number of hydrogen-bond donors (Lipinski definition) is 3. The second-order valence-electron chi connectivity index (χ2n) is 11.4. The van der Waals surface area contributed by atoms with Gasteiger partial charge in [0.2, 0.25) is 0 Å². The van der Waals surface area contributed by atoms with Crippen molar-refractivity contribution in [1.82, 2.24) is 5.09 Å². The lowest BCUT2D eigenvalue weighted by Gasteiger charge is -2.46. The molecule has 5 aromatic carbocycles. The van der Waals surface area contributed by atoms with Crippen molar-refractivity contribution in [3.63, 3.8) is 0 Å². The predicted molar refractivity (Wildman–Crippen MR) is 177 cm³/mol. The summed E-state index contributed by atoms with van der Waals surface area (Å²) >= 11 is 0. The number of rotatable bonds is 10. The van der Waals surface area contributed by atoms with Gasteiger partial charge in [-0.25, -0.2) is 13.5 Å². The van der Waals surface area contributed by atoms with Crippen LogP contribution in [0.1, 0.15) is 27.8 Å². The molecule has 0 radical (unpaired) electrons. The summed E-state index contributed by atoms with van der Waals surface area (Å²) in [5, 5.41) is 2.80. The Labute approximate surface area is 269 Å². The van der Waals surface area contributed by atoms with Crippen LogP contribution in [0.2, 0.25) is 0 Å². The standard InChI is InChI=1S/C36H35N2O6PS/c1-27-22-24-32(25-23-27)46(41,42)45(39,40)38-36(30-18-10-4-11-19-30,31-20-12-5-13-21-31)34-33(43-26-44-34)35(37,28-14-6-2-7-15-28)29-16-8-3-9-17-29/h2-25,33-34H,26,37H2,1H3,(H2,38,39,40). The highest BCUT2D eigenvalue weighted by Gasteiger charge is 2.60. The van der Waals surface area contributed by atoms with Crippen LogP contribution in [0.5, 0.6) is 0 Å². The summed E-state index contributed by atoms with van der Waals surface area (Å²) in [4.78, 5) is 11.5. The van der Waals surface area contributed by atoms with Gasteiger partial charge in [0, 0.05) is 0 Å². The molecule has 10 heteroatoms. The molecule has 1 aliphatic rings. The first-order valence-corrected chi connectivity index (χ1v) is 18.5. The van der Waals surface area contributed by atoms with E-state index in [1.807, 2.05) is 72.8 Å². The van der Waals surface area contributed by atoms with Crippen molar-refractivity contribution in [2.24, 2.45) is 5.73 Å². The number of aryl methyl sites for hydroxylation is 1. The molecule has 0 bridgehead atoms. The summed E-state index contributed by atoms with van der Waals surface area (Å²) < 4.78 is 55.2. The lowest BCUT2D eigenvalue weighted by molar-refractivity contribution is 0.0209. The van der Waals surface area contributed by atoms with Gasteiger partial charge in [0.15, 0.2) is 0 Å². The van der Waals surface area contributed by atoms with Gasteiger partial charge in [-0.2, -0.15) is 0 Å². The van der Waals surface area contributed by atoms with Gasteiger partial charge in [-0.05, 0) is 41.3 Å². The minimum atomic E-state index is -5.31. The molecule has 0 saturated carbocycles. The van der Waals surface area contributed by atoms with Crippen molar-refractivity contribution in [3.8, 4) is 0 Å². The Kier molecular flexibility index (Phi) is 8.85. The second kappa shape index (κ2) is 12.7. The first-order valence-electron chi connectivity index (χ1n) is 14.8. The maximum atomic E-state index is 14.5. The van der Waals surface area contributed by atoms with Crippen LogP contribution in [0.4, 0.5) is 0 Å². The van der Waals surface area contributed by atoms with Gasteiger partial charge in [0.25, 0.3) is 9.46 Å². The number of hydrogen-bond acceptors (Lipinski definition) is 6. The van der Waals surface area contributed by atoms with Gasteiger partial charge in [0.1, 0.15) is 24.5 Å². The quantitative estimate of drug-likeness (QED) is 0.156. The van der Waals surface area contributed by atoms with E-state index in [0.29, 0.717) is 11.1 Å². The molecular formula is C36H35N2O6PS. The van der Waals surface area contributed by atoms with E-state index in [9.17, 15) is 17.9 Å². The van der Waals surface area contributed by atoms with E-state index in [1.54, 1.807) is 67.6 Å². The Balaban J connectivity index is 1.61. The molecule has 0 amide bonds. The van der Waals surface area contributed by atoms with Gasteiger partial charge in [0.05, 0.1) is 10.4 Å². The number of nitrogens with one attached hydrogen (secondary N) is 1. The molecule has 1 heterocycles. The van der Waals surface area contributed by atoms with Gasteiger partial charge in [-0.1, -0.05) is 139 Å². The number of ether oxygens (including phenoxy) is 2. The topological polar surface area (TPSA) is 128 Å². The van der Waals surface area contributed by atoms with Gasteiger partial charge < -0.3 is 20.1 Å². The Morgan fingerprint density at radius 2 is 1.07 bits per heavy atom. The molecule has 0 aromatic heterocycles. The lowest BCUT2D eigenvalue weighted by atomic mass is 9.69. The molecule has 1 saturated heterocycles. The average molecular weight is 655 g/mol. The van der Waals surface area contributed by atoms with E-state index in [4.69, 9.17) is 15.2 Å². The first kappa shape index (κ1) is 32.0. The molecule has 236 valence electrons. The van der Waals surface area contributed by atoms with Crippen molar-refractivity contribution < 1.29 is 27.3 Å². The van der Waals surface area contributed by atoms with Crippen LogP contribution in [-0.2, 0) is 34.6 Å². The van der Waals surface area contributed by atoms with Gasteiger partial charge in [-0.3, -0.25) is 4.57 Å². The summed E-state index contributed by atoms with van der Waals surface area (Å²) in [6.07, 6.45) is -2.09. The van der Waals surface area contributed by atoms with Crippen LogP contribution >= 0.6 is 6.72 Å². The van der Waals surface area contributed by atoms with Crippen LogP contribution in [0, 0.1) is 6.92 Å². The van der Waals surface area contributed by atoms with Crippen LogP contribution < -0.4 is 10.8 Å². The maximum absolute atomic E-state index is 14.5. The Morgan fingerprint density at radius 1 is 0.674 bits per heavy atom. The molecule has 4 N–H and O–H groups in total. The van der Waals surface area contributed by atoms with Crippen molar-refractivity contribution in [2.75, 3.05) is 6.79 Å². The second-order valence-corrected chi connectivity index (χ2v) is 17.0. The number of benzene rings is 5. The molecule has 0 spiro atoms. The third-order valence-electron chi connectivity index (χ3n) is 8.57. The monoisotopic (exact) mass is 654 g/mol. The van der Waals surface area contributed by atoms with Gasteiger partial charge in [-0.15, -0.1) is 0 Å². The van der Waals surface area contributed by atoms with E-state index in [-0.39, 0.29) is 11.7 Å². The summed E-state index contributed by atoms with van der Waals surface area (Å²) in [6, 6.07) is 42.5. The fourth-order valence-electron chi connectivity index (χ4n) is 6.23. The Hall–Kier alpha value is -3.92. The SMILES string of the molecule is Cc1ccc(S(=O)(=O)P(=O)(O)NC(c2ccccc2)(c2ccccc2)C2OCOC2C(N)(c2ccccc2)c2ccccc2)cc1. The van der Waals surface area contributed by atoms with E-state index < -0.39 is 39.5 Å². The maximum Gasteiger partial charge on any atom is 0.385 e. The highest BCUT2D eigenvalue weighted by atomic mass is 32.8. The smallest absolute Gasteiger partial charge is 0.347 e. The van der Waals surface area contributed by atoms with E-state index in [1.165, 1.54) is 12.1 Å². The fourth-order valence-corrected chi connectivity index (χ4v) is 9.96. The number of nitrogens with two attached hydrogens (primary N) is 1. The predicted octanol–water partition coefficient (Wildman–Crippen LogP) is 6.05. The first-order chi connectivity index (χ1) is 22.1. The molecule has 3 unspecified atom stereocenters. The Bertz CT molecular complexity index is 1850. The summed E-state index contributed by atoms with van der Waals surface area (Å²) in [6.45, 7) is -3.71. The van der Waals surface area contributed by atoms with Gasteiger partial charge >= 0.3 is 6.72 Å². The van der Waals surface area contributed by atoms with Crippen LogP contribution in [0.15, 0.2) is 150 Å². The van der Waals surface area contributed by atoms with Crippen LogP contribution in [-0.4, -0.2) is 32.3 Å². The third kappa shape index (κ3) is 5.54. The zero-order valence-corrected chi connectivity index (χ0v) is 26.9. The fraction of sp³-hybridized carbons (Fsp3) is 0.167. The molecular weight excluding hydrogens is 619 g/mol. The molecule has 3 atom stereocenters. The molecule has 1 aliphatic heterocycles. The molecule has 0 aliphatic carbocycles. The van der Waals surface area contributed by atoms with Crippen molar-refractivity contribution in [1.29, 1.82) is 0 Å². The van der Waals surface area contributed by atoms with E-state index in [2.05, 4.69) is 5.09 Å². The normalized spacial score (nSPS) is 18.6. The van der Waals surface area contributed by atoms with E-state index >= 15 is 0 Å². The summed E-state index contributed by atoms with van der Waals surface area (Å²) in [7, 11) is -4.82. The van der Waals surface area contributed by atoms with Crippen molar-refractivity contribution >= 4 is 16.2 Å². The molecule has 5 aromatic rings. The third-order valence-corrected chi connectivity index (χ3v) is 13.6. The molecule has 46 heavy (non-hydrogen) atoms. The minimum Gasteiger partial charge on any atom is -0.347 e. The zero-order valence-electron chi connectivity index (χ0n) is 25.1. The van der Waals surface area contributed by atoms with Crippen molar-refractivity contribution in [3.05, 3.63) is 173 Å². The van der Waals surface area contributed by atoms with Crippen molar-refractivity contribution in [2.45, 2.75) is 35.1 Å². The zero-order chi connectivity index (χ0) is 32.4.